The molecular formula is C14H17BN2O4S. The van der Waals surface area contributed by atoms with Crippen LogP contribution in [0.4, 0.5) is 0 Å². The van der Waals surface area contributed by atoms with Crippen LogP contribution in [-0.4, -0.2) is 41.4 Å². The number of thioether (sulfide) groups is 1. The Morgan fingerprint density at radius 1 is 1.59 bits per heavy atom. The third-order valence-electron chi connectivity index (χ3n) is 3.92. The molecule has 1 fully saturated rings. The molecule has 0 saturated heterocycles. The monoisotopic (exact) mass is 320 g/mol. The van der Waals surface area contributed by atoms with Crippen LogP contribution in [-0.2, 0) is 0 Å². The van der Waals surface area contributed by atoms with Gasteiger partial charge in [-0.1, -0.05) is 6.07 Å². The van der Waals surface area contributed by atoms with E-state index < -0.39 is 13.1 Å². The van der Waals surface area contributed by atoms with Gasteiger partial charge in [-0.25, -0.2) is 4.79 Å². The number of aliphatic imine (C=N–C) groups is 1. The van der Waals surface area contributed by atoms with Crippen LogP contribution in [0.2, 0.25) is 5.82 Å². The van der Waals surface area contributed by atoms with Crippen molar-refractivity contribution in [2.24, 2.45) is 10.7 Å². The fourth-order valence-corrected chi connectivity index (χ4v) is 3.69. The quantitative estimate of drug-likeness (QED) is 0.250. The number of aromatic carboxylic acids is 1. The van der Waals surface area contributed by atoms with E-state index in [0.29, 0.717) is 28.8 Å². The molecule has 22 heavy (non-hydrogen) atoms. The Bertz CT molecular complexity index is 648. The zero-order valence-electron chi connectivity index (χ0n) is 12.2. The molecular weight excluding hydrogens is 303 g/mol. The van der Waals surface area contributed by atoms with Crippen molar-refractivity contribution in [2.75, 3.05) is 12.3 Å². The van der Waals surface area contributed by atoms with E-state index in [0.717, 1.165) is 12.0 Å². The van der Waals surface area contributed by atoms with Crippen molar-refractivity contribution in [3.05, 3.63) is 23.3 Å². The predicted octanol–water partition coefficient (Wildman–Crippen LogP) is 1.58. The molecule has 0 radical (unpaired) electrons. The molecule has 1 aromatic carbocycles. The van der Waals surface area contributed by atoms with Crippen LogP contribution >= 0.6 is 11.8 Å². The number of hydrogen-bond acceptors (Lipinski definition) is 5. The molecule has 0 spiro atoms. The highest BCUT2D eigenvalue weighted by Crippen LogP contribution is 2.60. The largest absolute Gasteiger partial charge is 0.535 e. The highest BCUT2D eigenvalue weighted by molar-refractivity contribution is 7.99. The van der Waals surface area contributed by atoms with Gasteiger partial charge in [-0.2, -0.15) is 0 Å². The van der Waals surface area contributed by atoms with E-state index in [4.69, 9.17) is 10.4 Å². The van der Waals surface area contributed by atoms with Crippen LogP contribution in [0.5, 0.6) is 5.75 Å². The average Bonchev–Trinajstić information content (AvgIpc) is 3.23. The van der Waals surface area contributed by atoms with Crippen LogP contribution in [0, 0.1) is 0 Å². The van der Waals surface area contributed by atoms with E-state index in [1.54, 1.807) is 6.92 Å². The summed E-state index contributed by atoms with van der Waals surface area (Å²) < 4.78 is 5.48. The Hall–Kier alpha value is -1.67. The number of carbonyl (C=O) groups is 1. The number of hydrogen-bond donors (Lipinski definition) is 3. The minimum atomic E-state index is -1.04. The van der Waals surface area contributed by atoms with E-state index >= 15 is 0 Å². The third kappa shape index (κ3) is 2.80. The number of amidine groups is 1. The molecule has 2 unspecified atom stereocenters. The summed E-state index contributed by atoms with van der Waals surface area (Å²) in [6.07, 6.45) is 0.851. The van der Waals surface area contributed by atoms with Gasteiger partial charge in [0, 0.05) is 16.5 Å². The van der Waals surface area contributed by atoms with Crippen molar-refractivity contribution in [1.82, 2.24) is 0 Å². The zero-order chi connectivity index (χ0) is 15.9. The van der Waals surface area contributed by atoms with Crippen molar-refractivity contribution >= 4 is 30.7 Å². The highest BCUT2D eigenvalue weighted by Gasteiger charge is 2.54. The first-order valence-electron chi connectivity index (χ1n) is 7.13. The maximum Gasteiger partial charge on any atom is 0.526 e. The maximum atomic E-state index is 11.6. The number of benzene rings is 1. The Labute approximate surface area is 132 Å². The minimum absolute atomic E-state index is 0.106. The first-order chi connectivity index (χ1) is 10.5. The summed E-state index contributed by atoms with van der Waals surface area (Å²) in [6.45, 7) is 2.24. The van der Waals surface area contributed by atoms with Crippen molar-refractivity contribution in [1.29, 1.82) is 0 Å². The van der Waals surface area contributed by atoms with Crippen LogP contribution in [0.15, 0.2) is 22.0 Å². The molecule has 1 saturated carbocycles. The molecule has 0 aromatic heterocycles. The van der Waals surface area contributed by atoms with E-state index in [9.17, 15) is 14.9 Å². The lowest BCUT2D eigenvalue weighted by Crippen LogP contribution is -2.27. The number of carboxylic acids is 1. The fourth-order valence-electron chi connectivity index (χ4n) is 2.80. The van der Waals surface area contributed by atoms with Crippen LogP contribution in [0.25, 0.3) is 0 Å². The highest BCUT2D eigenvalue weighted by atomic mass is 32.2. The normalized spacial score (nSPS) is 22.6. The van der Waals surface area contributed by atoms with Gasteiger partial charge in [0.15, 0.2) is 0 Å². The van der Waals surface area contributed by atoms with E-state index in [1.807, 2.05) is 12.1 Å². The maximum absolute atomic E-state index is 11.6. The van der Waals surface area contributed by atoms with Gasteiger partial charge >= 0.3 is 13.1 Å². The third-order valence-corrected chi connectivity index (χ3v) is 4.96. The molecule has 1 aromatic rings. The first-order valence-corrected chi connectivity index (χ1v) is 8.12. The van der Waals surface area contributed by atoms with Crippen LogP contribution < -0.4 is 10.4 Å². The second kappa shape index (κ2) is 5.85. The molecule has 116 valence electrons. The van der Waals surface area contributed by atoms with Crippen LogP contribution in [0.1, 0.15) is 35.2 Å². The van der Waals surface area contributed by atoms with Gasteiger partial charge < -0.3 is 20.5 Å². The van der Waals surface area contributed by atoms with E-state index in [1.165, 1.54) is 11.8 Å². The summed E-state index contributed by atoms with van der Waals surface area (Å²) >= 11 is 1.40. The lowest BCUT2D eigenvalue weighted by molar-refractivity contribution is 0.0690. The van der Waals surface area contributed by atoms with Crippen LogP contribution in [0.3, 0.4) is 0 Å². The van der Waals surface area contributed by atoms with Gasteiger partial charge in [0.25, 0.3) is 0 Å². The molecule has 6 nitrogen and oxygen atoms in total. The molecule has 2 aliphatic rings. The number of nitrogens with zero attached hydrogens (tertiary/aromatic N) is 1. The summed E-state index contributed by atoms with van der Waals surface area (Å²) in [4.78, 5) is 16.4. The zero-order valence-corrected chi connectivity index (χ0v) is 13.0. The SMILES string of the molecule is CC(N)=NCCSc1ccc2c(c1C(=O)O)OB(O)C1CC21. The standard InChI is InChI=1S/C14H17BN2O4S/c1-7(16)17-4-5-22-11-3-2-8-9-6-10(9)15(20)21-13(8)12(11)14(18)19/h2-3,9-10,20H,4-6H2,1H3,(H2,16,17)(H,18,19). The minimum Gasteiger partial charge on any atom is -0.535 e. The second-order valence-corrected chi connectivity index (χ2v) is 6.68. The van der Waals surface area contributed by atoms with Gasteiger partial charge in [0.2, 0.25) is 0 Å². The van der Waals surface area contributed by atoms with Gasteiger partial charge in [0.1, 0.15) is 11.3 Å². The van der Waals surface area contributed by atoms with Gasteiger partial charge in [-0.3, -0.25) is 4.99 Å². The topological polar surface area (TPSA) is 105 Å². The van der Waals surface area contributed by atoms with E-state index in [2.05, 4.69) is 4.99 Å². The summed E-state index contributed by atoms with van der Waals surface area (Å²) in [5.41, 5.74) is 6.51. The molecule has 1 heterocycles. The molecule has 4 N–H and O–H groups in total. The summed E-state index contributed by atoms with van der Waals surface area (Å²) in [5.74, 6) is 0.749. The van der Waals surface area contributed by atoms with Gasteiger partial charge in [-0.15, -0.1) is 11.8 Å². The number of nitrogens with two attached hydrogens (primary N) is 1. The number of carboxylic acid groups (broad SMARTS) is 1. The van der Waals surface area contributed by atoms with Crippen molar-refractivity contribution < 1.29 is 19.6 Å². The molecule has 8 heteroatoms. The summed E-state index contributed by atoms with van der Waals surface area (Å²) in [5, 5.41) is 19.4. The fraction of sp³-hybridized carbons (Fsp3) is 0.429. The molecule has 3 rings (SSSR count). The smallest absolute Gasteiger partial charge is 0.526 e. The van der Waals surface area contributed by atoms with E-state index in [-0.39, 0.29) is 17.3 Å². The molecule has 0 bridgehead atoms. The summed E-state index contributed by atoms with van der Waals surface area (Å²) in [6, 6.07) is 3.74. The average molecular weight is 320 g/mol. The lowest BCUT2D eigenvalue weighted by Gasteiger charge is -2.22. The molecule has 0 amide bonds. The lowest BCUT2D eigenvalue weighted by atomic mass is 9.77. The van der Waals surface area contributed by atoms with Crippen molar-refractivity contribution in [3.63, 3.8) is 0 Å². The first kappa shape index (κ1) is 15.2. The Morgan fingerprint density at radius 2 is 2.36 bits per heavy atom. The van der Waals surface area contributed by atoms with Gasteiger partial charge in [0.05, 0.1) is 12.4 Å². The number of fused-ring (bicyclic) bond motifs is 3. The summed E-state index contributed by atoms with van der Waals surface area (Å²) in [7, 11) is -0.902. The molecule has 1 aliphatic carbocycles. The number of rotatable bonds is 5. The van der Waals surface area contributed by atoms with Crippen molar-refractivity contribution in [2.45, 2.75) is 30.0 Å². The Balaban J connectivity index is 1.86. The Morgan fingerprint density at radius 3 is 3.05 bits per heavy atom. The molecule has 2 atom stereocenters. The Kier molecular flexibility index (Phi) is 4.05. The second-order valence-electron chi connectivity index (χ2n) is 5.55. The predicted molar refractivity (Wildman–Crippen MR) is 86.0 cm³/mol. The molecule has 1 aliphatic heterocycles. The van der Waals surface area contributed by atoms with Crippen molar-refractivity contribution in [3.8, 4) is 5.75 Å². The van der Waals surface area contributed by atoms with Gasteiger partial charge in [-0.05, 0) is 30.9 Å².